The lowest BCUT2D eigenvalue weighted by Gasteiger charge is -2.08. The Morgan fingerprint density at radius 1 is 1.65 bits per heavy atom. The first-order chi connectivity index (χ1) is 8.11. The molecule has 0 aliphatic heterocycles. The third-order valence-corrected chi connectivity index (χ3v) is 1.86. The quantitative estimate of drug-likeness (QED) is 0.652. The van der Waals surface area contributed by atoms with Gasteiger partial charge < -0.3 is 4.74 Å². The van der Waals surface area contributed by atoms with E-state index in [1.807, 2.05) is 0 Å². The van der Waals surface area contributed by atoms with Crippen molar-refractivity contribution < 1.29 is 13.9 Å². The van der Waals surface area contributed by atoms with Crippen molar-refractivity contribution in [1.29, 1.82) is 0 Å². The fourth-order valence-corrected chi connectivity index (χ4v) is 1.16. The first-order valence-corrected chi connectivity index (χ1v) is 5.43. The van der Waals surface area contributed by atoms with Crippen LogP contribution in [0.25, 0.3) is 0 Å². The van der Waals surface area contributed by atoms with Gasteiger partial charge in [-0.2, -0.15) is 0 Å². The fraction of sp³-hybridized carbons (Fsp3) is 0.250. The summed E-state index contributed by atoms with van der Waals surface area (Å²) < 4.78 is 17.7. The van der Waals surface area contributed by atoms with Crippen LogP contribution < -0.4 is 5.32 Å². The minimum Gasteiger partial charge on any atom is -0.433 e. The Morgan fingerprint density at radius 3 is 3.06 bits per heavy atom. The van der Waals surface area contributed by atoms with E-state index >= 15 is 0 Å². The number of alkyl halides is 1. The van der Waals surface area contributed by atoms with Crippen LogP contribution in [0.3, 0.4) is 0 Å². The molecular formula is C12H11ClFNO2. The molecule has 5 heteroatoms. The molecule has 1 atom stereocenters. The van der Waals surface area contributed by atoms with Crippen molar-refractivity contribution in [3.05, 3.63) is 30.1 Å². The molecule has 0 heterocycles. The second-order valence-corrected chi connectivity index (χ2v) is 3.40. The van der Waals surface area contributed by atoms with Crippen molar-refractivity contribution in [2.24, 2.45) is 0 Å². The van der Waals surface area contributed by atoms with Crippen LogP contribution in [0.5, 0.6) is 0 Å². The van der Waals surface area contributed by atoms with Gasteiger partial charge in [-0.1, -0.05) is 17.9 Å². The molecule has 90 valence electrons. The van der Waals surface area contributed by atoms with Crippen LogP contribution in [0.2, 0.25) is 0 Å². The van der Waals surface area contributed by atoms with Crippen LogP contribution in [-0.2, 0) is 4.74 Å². The van der Waals surface area contributed by atoms with Crippen LogP contribution in [0.15, 0.2) is 24.3 Å². The van der Waals surface area contributed by atoms with Crippen LogP contribution in [-0.4, -0.2) is 18.1 Å². The van der Waals surface area contributed by atoms with E-state index in [0.29, 0.717) is 5.69 Å². The molecular weight excluding hydrogens is 245 g/mol. The predicted molar refractivity (Wildman–Crippen MR) is 64.5 cm³/mol. The molecule has 0 aliphatic rings. The Balaban J connectivity index is 2.50. The summed E-state index contributed by atoms with van der Waals surface area (Å²) in [6, 6.07) is 5.52. The molecule has 0 spiro atoms. The molecule has 0 saturated heterocycles. The largest absolute Gasteiger partial charge is 0.433 e. The second kappa shape index (κ2) is 6.77. The van der Waals surface area contributed by atoms with Crippen LogP contribution in [0, 0.1) is 17.7 Å². The van der Waals surface area contributed by atoms with Gasteiger partial charge in [0.25, 0.3) is 0 Å². The molecule has 1 N–H and O–H groups in total. The molecule has 1 unspecified atom stereocenters. The van der Waals surface area contributed by atoms with Crippen LogP contribution >= 0.6 is 11.6 Å². The number of nitrogens with one attached hydrogen (secondary N) is 1. The Kier molecular flexibility index (Phi) is 5.31. The Morgan fingerprint density at radius 2 is 2.41 bits per heavy atom. The molecule has 3 nitrogen and oxygen atoms in total. The third kappa shape index (κ3) is 5.23. The number of halogens is 2. The van der Waals surface area contributed by atoms with Gasteiger partial charge in [-0.15, -0.1) is 11.6 Å². The Bertz CT molecular complexity index is 453. The van der Waals surface area contributed by atoms with Crippen LogP contribution in [0.4, 0.5) is 14.9 Å². The summed E-state index contributed by atoms with van der Waals surface area (Å²) in [5, 5.41) is 2.39. The lowest BCUT2D eigenvalue weighted by Crippen LogP contribution is -2.19. The smallest absolute Gasteiger partial charge is 0.412 e. The normalized spacial score (nSPS) is 11.0. The fourth-order valence-electron chi connectivity index (χ4n) is 1.09. The molecule has 0 aromatic heterocycles. The Hall–Kier alpha value is -1.73. The van der Waals surface area contributed by atoms with Gasteiger partial charge in [0.05, 0.1) is 5.88 Å². The number of hydrogen-bond donors (Lipinski definition) is 1. The van der Waals surface area contributed by atoms with Crippen molar-refractivity contribution >= 4 is 23.4 Å². The molecule has 0 bridgehead atoms. The summed E-state index contributed by atoms with van der Waals surface area (Å²) in [6.07, 6.45) is -1.26. The van der Waals surface area contributed by atoms with Crippen LogP contribution in [0.1, 0.15) is 6.92 Å². The molecule has 1 rings (SSSR count). The average Bonchev–Trinajstić information content (AvgIpc) is 2.26. The summed E-state index contributed by atoms with van der Waals surface area (Å²) in [5.41, 5.74) is 0.326. The van der Waals surface area contributed by atoms with Gasteiger partial charge in [-0.25, -0.2) is 9.18 Å². The van der Waals surface area contributed by atoms with Crippen molar-refractivity contribution in [3.63, 3.8) is 0 Å². The topological polar surface area (TPSA) is 38.3 Å². The highest BCUT2D eigenvalue weighted by atomic mass is 35.5. The predicted octanol–water partition coefficient (Wildman–Crippen LogP) is 3.00. The highest BCUT2D eigenvalue weighted by Gasteiger charge is 2.07. The molecule has 1 aromatic rings. The summed E-state index contributed by atoms with van der Waals surface area (Å²) in [5.74, 6) is 4.95. The third-order valence-electron chi connectivity index (χ3n) is 1.73. The maximum Gasteiger partial charge on any atom is 0.412 e. The summed E-state index contributed by atoms with van der Waals surface area (Å²) in [4.78, 5) is 11.3. The lowest BCUT2D eigenvalue weighted by atomic mass is 10.3. The number of ether oxygens (including phenoxy) is 1. The number of amides is 1. The molecule has 1 amide bonds. The van der Waals surface area contributed by atoms with Crippen molar-refractivity contribution in [1.82, 2.24) is 0 Å². The standard InChI is InChI=1S/C12H11ClFNO2/c1-9(4-3-7-13)17-12(16)15-11-6-2-5-10(14)8-11/h2,5-6,8-9H,7H2,1H3,(H,15,16). The van der Waals surface area contributed by atoms with E-state index in [1.165, 1.54) is 18.2 Å². The van der Waals surface area contributed by atoms with Crippen molar-refractivity contribution in [3.8, 4) is 11.8 Å². The van der Waals surface area contributed by atoms with E-state index in [0.717, 1.165) is 0 Å². The molecule has 0 saturated carbocycles. The number of benzene rings is 1. The van der Waals surface area contributed by atoms with E-state index < -0.39 is 18.0 Å². The van der Waals surface area contributed by atoms with E-state index in [4.69, 9.17) is 16.3 Å². The Labute approximate surface area is 104 Å². The van der Waals surface area contributed by atoms with Gasteiger partial charge in [0.1, 0.15) is 5.82 Å². The molecule has 0 fully saturated rings. The molecule has 1 aromatic carbocycles. The summed E-state index contributed by atoms with van der Waals surface area (Å²) in [6.45, 7) is 1.62. The average molecular weight is 256 g/mol. The first kappa shape index (κ1) is 13.3. The zero-order valence-electron chi connectivity index (χ0n) is 9.17. The monoisotopic (exact) mass is 255 g/mol. The number of anilines is 1. The molecule has 0 aliphatic carbocycles. The molecule has 17 heavy (non-hydrogen) atoms. The first-order valence-electron chi connectivity index (χ1n) is 4.89. The van der Waals surface area contributed by atoms with Gasteiger partial charge in [0.2, 0.25) is 0 Å². The summed E-state index contributed by atoms with van der Waals surface area (Å²) >= 11 is 5.36. The van der Waals surface area contributed by atoms with Gasteiger partial charge >= 0.3 is 6.09 Å². The SMILES string of the molecule is CC(C#CCCl)OC(=O)Nc1cccc(F)c1. The maximum atomic E-state index is 12.8. The maximum absolute atomic E-state index is 12.8. The lowest BCUT2D eigenvalue weighted by molar-refractivity contribution is 0.145. The number of carbonyl (C=O) groups is 1. The number of hydrogen-bond acceptors (Lipinski definition) is 2. The van der Waals surface area contributed by atoms with Gasteiger partial charge in [-0.3, -0.25) is 5.32 Å². The minimum absolute atomic E-state index is 0.180. The number of carbonyl (C=O) groups excluding carboxylic acids is 1. The van der Waals surface area contributed by atoms with Gasteiger partial charge in [-0.05, 0) is 25.1 Å². The van der Waals surface area contributed by atoms with E-state index in [1.54, 1.807) is 13.0 Å². The highest BCUT2D eigenvalue weighted by Crippen LogP contribution is 2.09. The molecule has 0 radical (unpaired) electrons. The van der Waals surface area contributed by atoms with Gasteiger partial charge in [0.15, 0.2) is 6.10 Å². The number of rotatable bonds is 2. The van der Waals surface area contributed by atoms with Gasteiger partial charge in [0, 0.05) is 5.69 Å². The van der Waals surface area contributed by atoms with E-state index in [-0.39, 0.29) is 5.88 Å². The van der Waals surface area contributed by atoms with Crippen molar-refractivity contribution in [2.45, 2.75) is 13.0 Å². The second-order valence-electron chi connectivity index (χ2n) is 3.14. The zero-order chi connectivity index (χ0) is 12.7. The zero-order valence-corrected chi connectivity index (χ0v) is 9.92. The van der Waals surface area contributed by atoms with Crippen molar-refractivity contribution in [2.75, 3.05) is 11.2 Å². The minimum atomic E-state index is -0.688. The summed E-state index contributed by atoms with van der Waals surface area (Å²) in [7, 11) is 0. The van der Waals surface area contributed by atoms with E-state index in [9.17, 15) is 9.18 Å². The highest BCUT2D eigenvalue weighted by molar-refractivity contribution is 6.19. The van der Waals surface area contributed by atoms with E-state index in [2.05, 4.69) is 17.2 Å².